The molecule has 14 heteroatoms. The van der Waals surface area contributed by atoms with Crippen molar-refractivity contribution >= 4 is 63.3 Å². The molecule has 1 fully saturated rings. The van der Waals surface area contributed by atoms with Crippen molar-refractivity contribution < 1.29 is 9.90 Å². The first kappa shape index (κ1) is 28.6. The Balaban J connectivity index is 1.24. The van der Waals surface area contributed by atoms with Crippen molar-refractivity contribution in [1.29, 1.82) is 0 Å². The highest BCUT2D eigenvalue weighted by atomic mass is 35.5. The molecule has 12 nitrogen and oxygen atoms in total. The molecule has 0 spiro atoms. The van der Waals surface area contributed by atoms with E-state index in [4.69, 9.17) is 23.1 Å². The Hall–Kier alpha value is -4.46. The van der Waals surface area contributed by atoms with Crippen LogP contribution >= 0.6 is 23.4 Å². The van der Waals surface area contributed by atoms with E-state index < -0.39 is 22.9 Å². The average molecular weight is 618 g/mol. The average Bonchev–Trinajstić information content (AvgIpc) is 3.00. The van der Waals surface area contributed by atoms with Gasteiger partial charge in [0, 0.05) is 18.0 Å². The van der Waals surface area contributed by atoms with Gasteiger partial charge in [0.1, 0.15) is 5.65 Å². The number of fused-ring (bicyclic) bond motifs is 3. The standard InChI is InChI=1S/C29H28ClN9O3S/c1-29(15-31)11-13-38(14-12-29)28-35-23(32)26(36-37-28)43-19-8-4-6-17(22(19)30)33-24(40)21-25(41)34-20-10-9-16-5-2-3-7-18(16)39(20)27(21)42/h2-10,41H,11-15,31H2,1H3,(H,33,40)(H2,32,35,37). The number of anilines is 3. The normalized spacial score (nSPS) is 14.7. The first-order valence-corrected chi connectivity index (χ1v) is 14.7. The third-order valence-electron chi connectivity index (χ3n) is 7.74. The van der Waals surface area contributed by atoms with Crippen LogP contribution in [-0.4, -0.2) is 55.2 Å². The Bertz CT molecular complexity index is 1940. The lowest BCUT2D eigenvalue weighted by Gasteiger charge is -2.38. The first-order valence-electron chi connectivity index (χ1n) is 13.5. The molecule has 0 atom stereocenters. The lowest BCUT2D eigenvalue weighted by Crippen LogP contribution is -2.43. The van der Waals surface area contributed by atoms with Crippen LogP contribution in [0.5, 0.6) is 5.88 Å². The third kappa shape index (κ3) is 5.42. The number of nitrogens with one attached hydrogen (secondary N) is 1. The highest BCUT2D eigenvalue weighted by Gasteiger charge is 2.30. The van der Waals surface area contributed by atoms with Gasteiger partial charge in [0.2, 0.25) is 11.8 Å². The van der Waals surface area contributed by atoms with E-state index in [9.17, 15) is 14.7 Å². The fourth-order valence-electron chi connectivity index (χ4n) is 5.02. The molecule has 0 bridgehead atoms. The van der Waals surface area contributed by atoms with E-state index in [0.717, 1.165) is 43.1 Å². The number of carbonyl (C=O) groups excluding carboxylic acids is 1. The number of hydrogen-bond donors (Lipinski definition) is 4. The summed E-state index contributed by atoms with van der Waals surface area (Å²) in [6.45, 7) is 4.33. The SMILES string of the molecule is CC1(CN)CCN(c2nnc(Sc3cccc(NC(=O)c4c(O)nc5ccc6ccccc6n5c4=O)c3Cl)c(N)n2)CC1. The summed E-state index contributed by atoms with van der Waals surface area (Å²) < 4.78 is 1.29. The summed E-state index contributed by atoms with van der Waals surface area (Å²) in [4.78, 5) is 37.9. The molecule has 0 radical (unpaired) electrons. The first-order chi connectivity index (χ1) is 20.7. The van der Waals surface area contributed by atoms with Gasteiger partial charge < -0.3 is 26.8 Å². The van der Waals surface area contributed by atoms with Crippen LogP contribution in [0.15, 0.2) is 69.3 Å². The number of nitrogens with two attached hydrogens (primary N) is 2. The van der Waals surface area contributed by atoms with Crippen LogP contribution in [0.3, 0.4) is 0 Å². The minimum Gasteiger partial charge on any atom is -0.493 e. The molecule has 1 amide bonds. The van der Waals surface area contributed by atoms with E-state index in [1.165, 1.54) is 4.40 Å². The van der Waals surface area contributed by atoms with E-state index in [2.05, 4.69) is 32.4 Å². The van der Waals surface area contributed by atoms with E-state index >= 15 is 0 Å². The summed E-state index contributed by atoms with van der Waals surface area (Å²) in [6.07, 6.45) is 1.85. The summed E-state index contributed by atoms with van der Waals surface area (Å²) in [7, 11) is 0. The summed E-state index contributed by atoms with van der Waals surface area (Å²) in [5.41, 5.74) is 12.0. The number of carbonyl (C=O) groups is 1. The molecule has 5 aromatic rings. The van der Waals surface area contributed by atoms with Gasteiger partial charge in [-0.05, 0) is 60.5 Å². The molecular formula is C29H28ClN9O3S. The van der Waals surface area contributed by atoms with E-state index in [0.29, 0.717) is 27.9 Å². The van der Waals surface area contributed by atoms with Gasteiger partial charge in [-0.25, -0.2) is 0 Å². The molecule has 0 aliphatic carbocycles. The van der Waals surface area contributed by atoms with E-state index in [1.54, 1.807) is 42.5 Å². The molecular weight excluding hydrogens is 590 g/mol. The fraction of sp³-hybridized carbons (Fsp3) is 0.241. The molecule has 0 unspecified atom stereocenters. The monoisotopic (exact) mass is 617 g/mol. The minimum absolute atomic E-state index is 0.106. The van der Waals surface area contributed by atoms with Crippen LogP contribution in [0.4, 0.5) is 17.5 Å². The highest BCUT2D eigenvalue weighted by molar-refractivity contribution is 7.99. The van der Waals surface area contributed by atoms with Crippen molar-refractivity contribution in [2.24, 2.45) is 11.1 Å². The predicted molar refractivity (Wildman–Crippen MR) is 167 cm³/mol. The largest absolute Gasteiger partial charge is 0.493 e. The Morgan fingerprint density at radius 2 is 1.86 bits per heavy atom. The Labute approximate surface area is 255 Å². The van der Waals surface area contributed by atoms with Crippen LogP contribution in [-0.2, 0) is 0 Å². The molecule has 2 aromatic carbocycles. The predicted octanol–water partition coefficient (Wildman–Crippen LogP) is 3.94. The maximum atomic E-state index is 13.4. The van der Waals surface area contributed by atoms with Crippen LogP contribution in [0.2, 0.25) is 5.02 Å². The van der Waals surface area contributed by atoms with Crippen molar-refractivity contribution in [3.63, 3.8) is 0 Å². The molecule has 0 saturated carbocycles. The number of rotatable bonds is 6. The van der Waals surface area contributed by atoms with Gasteiger partial charge in [0.05, 0.1) is 16.2 Å². The third-order valence-corrected chi connectivity index (χ3v) is 9.30. The fourth-order valence-corrected chi connectivity index (χ4v) is 6.09. The zero-order valence-electron chi connectivity index (χ0n) is 23.1. The number of piperidine rings is 1. The maximum absolute atomic E-state index is 13.4. The number of amides is 1. The Morgan fingerprint density at radius 3 is 2.60 bits per heavy atom. The van der Waals surface area contributed by atoms with Crippen molar-refractivity contribution in [3.8, 4) is 5.88 Å². The minimum atomic E-state index is -0.862. The summed E-state index contributed by atoms with van der Waals surface area (Å²) in [5.74, 6) is -0.898. The lowest BCUT2D eigenvalue weighted by molar-refractivity contribution is 0.102. The summed E-state index contributed by atoms with van der Waals surface area (Å²) in [5, 5.41) is 23.1. The zero-order chi connectivity index (χ0) is 30.3. The molecule has 1 aliphatic heterocycles. The topological polar surface area (TPSA) is 178 Å². The molecule has 1 aliphatic rings. The Morgan fingerprint density at radius 1 is 1.09 bits per heavy atom. The summed E-state index contributed by atoms with van der Waals surface area (Å²) in [6, 6.07) is 15.5. The number of halogens is 1. The van der Waals surface area contributed by atoms with Gasteiger partial charge >= 0.3 is 0 Å². The van der Waals surface area contributed by atoms with Crippen molar-refractivity contribution in [1.82, 2.24) is 24.6 Å². The molecule has 4 heterocycles. The quantitative estimate of drug-likeness (QED) is 0.203. The van der Waals surface area contributed by atoms with Crippen LogP contribution in [0.25, 0.3) is 16.6 Å². The second kappa shape index (κ2) is 11.3. The highest BCUT2D eigenvalue weighted by Crippen LogP contribution is 2.39. The molecule has 6 rings (SSSR count). The van der Waals surface area contributed by atoms with Crippen molar-refractivity contribution in [3.05, 3.63) is 75.5 Å². The number of benzene rings is 2. The van der Waals surface area contributed by atoms with Gasteiger partial charge in [0.15, 0.2) is 16.4 Å². The van der Waals surface area contributed by atoms with Gasteiger partial charge in [-0.15, -0.1) is 10.2 Å². The molecule has 6 N–H and O–H groups in total. The number of aromatic hydroxyl groups is 1. The van der Waals surface area contributed by atoms with E-state index in [1.807, 2.05) is 17.0 Å². The number of nitrogen functional groups attached to an aromatic ring is 1. The number of hydrogen-bond acceptors (Lipinski definition) is 11. The van der Waals surface area contributed by atoms with Gasteiger partial charge in [0.25, 0.3) is 11.5 Å². The van der Waals surface area contributed by atoms with Crippen LogP contribution in [0, 0.1) is 5.41 Å². The maximum Gasteiger partial charge on any atom is 0.275 e. The summed E-state index contributed by atoms with van der Waals surface area (Å²) >= 11 is 7.80. The molecule has 3 aromatic heterocycles. The molecule has 1 saturated heterocycles. The lowest BCUT2D eigenvalue weighted by atomic mass is 9.81. The van der Waals surface area contributed by atoms with Gasteiger partial charge in [-0.1, -0.05) is 54.6 Å². The zero-order valence-corrected chi connectivity index (χ0v) is 24.7. The number of nitrogens with zero attached hydrogens (tertiary/aromatic N) is 6. The van der Waals surface area contributed by atoms with Crippen molar-refractivity contribution in [2.75, 3.05) is 35.6 Å². The van der Waals surface area contributed by atoms with Crippen LogP contribution < -0.4 is 27.2 Å². The number of pyridine rings is 1. The number of para-hydroxylation sites is 1. The Kier molecular flexibility index (Phi) is 7.54. The van der Waals surface area contributed by atoms with Crippen LogP contribution in [0.1, 0.15) is 30.1 Å². The van der Waals surface area contributed by atoms with Gasteiger partial charge in [-0.3, -0.25) is 14.0 Å². The van der Waals surface area contributed by atoms with E-state index in [-0.39, 0.29) is 27.6 Å². The number of aromatic nitrogens is 5. The second-order valence-electron chi connectivity index (χ2n) is 10.7. The smallest absolute Gasteiger partial charge is 0.275 e. The molecule has 43 heavy (non-hydrogen) atoms. The van der Waals surface area contributed by atoms with Gasteiger partial charge in [-0.2, -0.15) is 9.97 Å². The molecule has 220 valence electrons. The van der Waals surface area contributed by atoms with Crippen molar-refractivity contribution in [2.45, 2.75) is 29.7 Å². The second-order valence-corrected chi connectivity index (χ2v) is 12.1.